The molecule has 0 unspecified atom stereocenters. The molecule has 0 atom stereocenters. The average Bonchev–Trinajstić information content (AvgIpc) is 2.86. The Bertz CT molecular complexity index is 675. The zero-order chi connectivity index (χ0) is 13.3. The quantitative estimate of drug-likeness (QED) is 0.559. The molecule has 4 N–H and O–H groups in total. The number of nitrogen functional groups attached to an aromatic ring is 1. The topological polar surface area (TPSA) is 144 Å². The second-order valence-electron chi connectivity index (χ2n) is 3.16. The van der Waals surface area contributed by atoms with Gasteiger partial charge in [0, 0.05) is 12.3 Å². The van der Waals surface area contributed by atoms with E-state index in [2.05, 4.69) is 14.9 Å². The van der Waals surface area contributed by atoms with Gasteiger partial charge in [0.25, 0.3) is 10.0 Å². The van der Waals surface area contributed by atoms with Gasteiger partial charge in [-0.15, -0.1) is 0 Å². The summed E-state index contributed by atoms with van der Waals surface area (Å²) in [7, 11) is -3.89. The number of hydrogen-bond donors (Lipinski definition) is 3. The predicted octanol–water partition coefficient (Wildman–Crippen LogP) is 0.762. The number of H-pyrrole nitrogens is 1. The number of thiophene rings is 1. The van der Waals surface area contributed by atoms with Crippen molar-refractivity contribution in [3.63, 3.8) is 0 Å². The van der Waals surface area contributed by atoms with Crippen molar-refractivity contribution in [3.05, 3.63) is 28.6 Å². The van der Waals surface area contributed by atoms with Crippen molar-refractivity contribution in [3.8, 4) is 0 Å². The molecule has 0 amide bonds. The smallest absolute Gasteiger partial charge is 0.304 e. The molecular weight excluding hydrogens is 282 g/mol. The number of sulfonamides is 1. The van der Waals surface area contributed by atoms with Crippen LogP contribution < -0.4 is 10.5 Å². The molecule has 9 nitrogen and oxygen atoms in total. The molecule has 0 saturated carbocycles. The van der Waals surface area contributed by atoms with E-state index in [1.807, 2.05) is 0 Å². The van der Waals surface area contributed by atoms with Crippen LogP contribution in [0.15, 0.2) is 22.7 Å². The minimum atomic E-state index is -3.89. The molecule has 0 saturated heterocycles. The number of nitrogens with two attached hydrogens (primary N) is 1. The second-order valence-corrected chi connectivity index (χ2v) is 6.16. The molecule has 2 heterocycles. The first-order chi connectivity index (χ1) is 8.40. The van der Waals surface area contributed by atoms with E-state index in [4.69, 9.17) is 5.73 Å². The van der Waals surface area contributed by atoms with Gasteiger partial charge in [0.15, 0.2) is 5.00 Å². The van der Waals surface area contributed by atoms with E-state index in [-0.39, 0.29) is 14.9 Å². The molecular formula is C7H7N5O4S2. The number of anilines is 2. The monoisotopic (exact) mass is 289 g/mol. The summed E-state index contributed by atoms with van der Waals surface area (Å²) in [6.07, 6.45) is 2.60. The highest BCUT2D eigenvalue weighted by Gasteiger charge is 2.24. The van der Waals surface area contributed by atoms with Crippen molar-refractivity contribution < 1.29 is 13.3 Å². The molecule has 0 aliphatic carbocycles. The molecule has 2 aromatic rings. The maximum Gasteiger partial charge on any atom is 0.304 e. The van der Waals surface area contributed by atoms with E-state index in [9.17, 15) is 18.5 Å². The van der Waals surface area contributed by atoms with Crippen LogP contribution in [0.5, 0.6) is 0 Å². The molecule has 0 fully saturated rings. The van der Waals surface area contributed by atoms with E-state index in [0.29, 0.717) is 11.3 Å². The van der Waals surface area contributed by atoms with Gasteiger partial charge in [-0.05, 0) is 0 Å². The summed E-state index contributed by atoms with van der Waals surface area (Å²) in [5, 5.41) is 16.4. The Morgan fingerprint density at radius 3 is 2.78 bits per heavy atom. The van der Waals surface area contributed by atoms with E-state index in [0.717, 1.165) is 6.07 Å². The van der Waals surface area contributed by atoms with Crippen molar-refractivity contribution >= 4 is 37.7 Å². The summed E-state index contributed by atoms with van der Waals surface area (Å²) in [5.41, 5.74) is 5.18. The molecule has 11 heteroatoms. The van der Waals surface area contributed by atoms with Gasteiger partial charge in [-0.25, -0.2) is 8.42 Å². The molecule has 0 aromatic carbocycles. The maximum atomic E-state index is 11.9. The van der Waals surface area contributed by atoms with Crippen LogP contribution in [-0.2, 0) is 10.0 Å². The van der Waals surface area contributed by atoms with Crippen LogP contribution in [-0.4, -0.2) is 23.5 Å². The largest absolute Gasteiger partial charge is 0.385 e. The highest BCUT2D eigenvalue weighted by molar-refractivity contribution is 7.94. The fourth-order valence-corrected chi connectivity index (χ4v) is 3.41. The van der Waals surface area contributed by atoms with Crippen LogP contribution in [0.4, 0.5) is 16.4 Å². The predicted molar refractivity (Wildman–Crippen MR) is 64.8 cm³/mol. The standard InChI is InChI=1S/C7H7N5O4S2/c8-7-5(12(13)14)1-6(17-7)18(15,16)11-4-2-9-10-3-4/h1-3,11H,8H2,(H,9,10). The molecule has 0 bridgehead atoms. The van der Waals surface area contributed by atoms with Gasteiger partial charge < -0.3 is 5.73 Å². The molecule has 0 aliphatic rings. The van der Waals surface area contributed by atoms with Crippen molar-refractivity contribution in [2.45, 2.75) is 4.21 Å². The van der Waals surface area contributed by atoms with Crippen molar-refractivity contribution in [2.24, 2.45) is 0 Å². The Morgan fingerprint density at radius 1 is 1.56 bits per heavy atom. The third-order valence-electron chi connectivity index (χ3n) is 1.93. The number of aromatic nitrogens is 2. The summed E-state index contributed by atoms with van der Waals surface area (Å²) >= 11 is 0.627. The molecule has 0 spiro atoms. The summed E-state index contributed by atoms with van der Waals surface area (Å²) in [4.78, 5) is 9.85. The van der Waals surface area contributed by atoms with Crippen LogP contribution in [0.1, 0.15) is 0 Å². The molecule has 0 radical (unpaired) electrons. The first kappa shape index (κ1) is 12.3. The van der Waals surface area contributed by atoms with Crippen molar-refractivity contribution in [2.75, 3.05) is 10.5 Å². The van der Waals surface area contributed by atoms with Gasteiger partial charge in [0.05, 0.1) is 16.8 Å². The second kappa shape index (κ2) is 4.27. The van der Waals surface area contributed by atoms with E-state index in [1.54, 1.807) is 0 Å². The number of rotatable bonds is 4. The van der Waals surface area contributed by atoms with Crippen molar-refractivity contribution in [1.29, 1.82) is 0 Å². The Kier molecular flexibility index (Phi) is 2.92. The average molecular weight is 289 g/mol. The molecule has 96 valence electrons. The first-order valence-corrected chi connectivity index (χ1v) is 6.75. The Labute approximate surface area is 105 Å². The van der Waals surface area contributed by atoms with Gasteiger partial charge >= 0.3 is 5.69 Å². The zero-order valence-electron chi connectivity index (χ0n) is 8.65. The van der Waals surface area contributed by atoms with Gasteiger partial charge in [0.1, 0.15) is 4.21 Å². The summed E-state index contributed by atoms with van der Waals surface area (Å²) in [6, 6.07) is 0.919. The fourth-order valence-electron chi connectivity index (χ4n) is 1.16. The number of nitrogens with zero attached hydrogens (tertiary/aromatic N) is 2. The molecule has 18 heavy (non-hydrogen) atoms. The lowest BCUT2D eigenvalue weighted by Crippen LogP contribution is -2.10. The molecule has 2 aromatic heterocycles. The van der Waals surface area contributed by atoms with Crippen LogP contribution in [0.2, 0.25) is 0 Å². The molecule has 0 aliphatic heterocycles. The zero-order valence-corrected chi connectivity index (χ0v) is 10.3. The van der Waals surface area contributed by atoms with E-state index < -0.39 is 20.6 Å². The normalized spacial score (nSPS) is 11.3. The summed E-state index contributed by atoms with van der Waals surface area (Å²) in [6.45, 7) is 0. The van der Waals surface area contributed by atoms with Gasteiger partial charge in [-0.2, -0.15) is 5.10 Å². The van der Waals surface area contributed by atoms with Crippen molar-refractivity contribution in [1.82, 2.24) is 10.2 Å². The minimum Gasteiger partial charge on any atom is -0.385 e. The van der Waals surface area contributed by atoms with E-state index in [1.165, 1.54) is 12.4 Å². The lowest BCUT2D eigenvalue weighted by molar-refractivity contribution is -0.383. The SMILES string of the molecule is Nc1sc(S(=O)(=O)Nc2cn[nH]c2)cc1[N+](=O)[O-]. The van der Waals surface area contributed by atoms with Crippen LogP contribution in [0.3, 0.4) is 0 Å². The highest BCUT2D eigenvalue weighted by atomic mass is 32.2. The number of nitrogens with one attached hydrogen (secondary N) is 2. The Balaban J connectivity index is 2.36. The lowest BCUT2D eigenvalue weighted by atomic mass is 10.5. The number of hydrogen-bond acceptors (Lipinski definition) is 7. The number of nitro groups is 1. The van der Waals surface area contributed by atoms with Gasteiger partial charge in [-0.3, -0.25) is 19.9 Å². The third-order valence-corrected chi connectivity index (χ3v) is 4.74. The third kappa shape index (κ3) is 2.26. The summed E-state index contributed by atoms with van der Waals surface area (Å²) < 4.78 is 25.7. The van der Waals surface area contributed by atoms with Gasteiger partial charge in [-0.1, -0.05) is 11.3 Å². The minimum absolute atomic E-state index is 0.160. The first-order valence-electron chi connectivity index (χ1n) is 4.45. The maximum absolute atomic E-state index is 11.9. The Morgan fingerprint density at radius 2 is 2.28 bits per heavy atom. The summed E-state index contributed by atoms with van der Waals surface area (Å²) in [5.74, 6) is 0. The van der Waals surface area contributed by atoms with Crippen LogP contribution in [0, 0.1) is 10.1 Å². The van der Waals surface area contributed by atoms with Gasteiger partial charge in [0.2, 0.25) is 0 Å². The van der Waals surface area contributed by atoms with Crippen LogP contribution in [0.25, 0.3) is 0 Å². The Hall–Kier alpha value is -2.14. The molecule has 2 rings (SSSR count). The number of aromatic amines is 1. The lowest BCUT2D eigenvalue weighted by Gasteiger charge is -2.01. The fraction of sp³-hybridized carbons (Fsp3) is 0. The highest BCUT2D eigenvalue weighted by Crippen LogP contribution is 2.34. The van der Waals surface area contributed by atoms with E-state index >= 15 is 0 Å². The van der Waals surface area contributed by atoms with Crippen LogP contribution >= 0.6 is 11.3 Å².